The number of carbonyl (C=O) groups is 1. The number of hydrogen-bond acceptors (Lipinski definition) is 24. The lowest BCUT2D eigenvalue weighted by molar-refractivity contribution is -0.404. The third-order valence-electron chi connectivity index (χ3n) is 20.5. The second-order valence-corrected chi connectivity index (χ2v) is 24.7. The van der Waals surface area contributed by atoms with Gasteiger partial charge in [-0.1, -0.05) is 27.7 Å². The molecular weight excluding hydrogens is 1010 g/mol. The Balaban J connectivity index is 0.809. The first kappa shape index (κ1) is 57.8. The van der Waals surface area contributed by atoms with Crippen molar-refractivity contribution in [3.05, 3.63) is 0 Å². The van der Waals surface area contributed by atoms with Crippen molar-refractivity contribution in [3.63, 3.8) is 0 Å². The number of ether oxygens (including phenoxy) is 10. The van der Waals surface area contributed by atoms with Crippen LogP contribution in [0.4, 0.5) is 0 Å². The molecule has 0 aromatic heterocycles. The highest BCUT2D eigenvalue weighted by molar-refractivity contribution is 5.66. The predicted octanol–water partition coefficient (Wildman–Crippen LogP) is -3.16. The van der Waals surface area contributed by atoms with Crippen molar-refractivity contribution in [2.24, 2.45) is 52.3 Å². The first-order valence-corrected chi connectivity index (χ1v) is 27.8. The standard InChI is InChI=1S/C52H85NO23/c1-20-12-33(68-22(3)57)52(53-15-20)21(2)34-29(76-52)14-27-25-7-6-23-13-24(8-10-50(23,4)26(25)9-11-51(27,34)5)69-47-42(66)39(63)43(32(18-56)72-47)73-49-45(75-48-41(65)38(62)36(60)30(16-54)70-48)44(37(61)31(17-55)71-49)74-46-40(64)35(59)28(58)19-67-46/h20-21,23-49,53-56,58-66H,6-19H2,1-5H3/t20-,21-,23-,24-,25+,26-,27-,28+,29-,30+,31+,32+,33+,34-,35-,36+,37+,38-,39+,40+,41+,42+,43-,44-,45+,46-,47+,48-,49+,50-,51-,52-/m0/s1. The van der Waals surface area contributed by atoms with E-state index in [-0.39, 0.29) is 41.0 Å². The number of esters is 1. The Kier molecular flexibility index (Phi) is 17.0. The van der Waals surface area contributed by atoms with Gasteiger partial charge in [0.25, 0.3) is 0 Å². The molecule has 6 heterocycles. The van der Waals surface area contributed by atoms with Crippen molar-refractivity contribution in [1.82, 2.24) is 5.32 Å². The molecule has 10 fully saturated rings. The monoisotopic (exact) mass is 1090 g/mol. The van der Waals surface area contributed by atoms with Gasteiger partial charge >= 0.3 is 5.97 Å². The molecule has 0 unspecified atom stereocenters. The number of aliphatic hydroxyl groups is 12. The van der Waals surface area contributed by atoms with Gasteiger partial charge in [-0.3, -0.25) is 10.1 Å². The highest BCUT2D eigenvalue weighted by atomic mass is 16.8. The number of hydrogen-bond donors (Lipinski definition) is 13. The maximum absolute atomic E-state index is 12.3. The average Bonchev–Trinajstić information content (AvgIpc) is 4.05. The minimum absolute atomic E-state index is 0.0349. The van der Waals surface area contributed by atoms with E-state index in [2.05, 4.69) is 33.0 Å². The summed E-state index contributed by atoms with van der Waals surface area (Å²) in [5.74, 6) is 2.40. The Hall–Kier alpha value is -1.41. The van der Waals surface area contributed by atoms with Crippen molar-refractivity contribution in [2.45, 2.75) is 233 Å². The number of piperidine rings is 1. The lowest BCUT2D eigenvalue weighted by atomic mass is 9.44. The zero-order valence-electron chi connectivity index (χ0n) is 44.0. The Morgan fingerprint density at radius 2 is 1.22 bits per heavy atom. The van der Waals surface area contributed by atoms with Crippen molar-refractivity contribution in [2.75, 3.05) is 33.0 Å². The van der Waals surface area contributed by atoms with E-state index < -0.39 is 149 Å². The quantitative estimate of drug-likeness (QED) is 0.0678. The van der Waals surface area contributed by atoms with E-state index in [0.717, 1.165) is 51.5 Å². The molecule has 6 saturated heterocycles. The molecule has 0 amide bonds. The maximum Gasteiger partial charge on any atom is 0.303 e. The molecule has 24 heteroatoms. The Bertz CT molecular complexity index is 1990. The summed E-state index contributed by atoms with van der Waals surface area (Å²) in [6, 6.07) is 0. The van der Waals surface area contributed by atoms with Gasteiger partial charge in [0.1, 0.15) is 97.7 Å². The second kappa shape index (κ2) is 22.4. The molecule has 0 radical (unpaired) electrons. The number of aliphatic hydroxyl groups excluding tert-OH is 12. The van der Waals surface area contributed by atoms with E-state index in [1.807, 2.05) is 0 Å². The summed E-state index contributed by atoms with van der Waals surface area (Å²) < 4.78 is 61.0. The van der Waals surface area contributed by atoms with E-state index >= 15 is 0 Å². The highest BCUT2D eigenvalue weighted by Crippen LogP contribution is 2.71. The predicted molar refractivity (Wildman–Crippen MR) is 255 cm³/mol. The molecule has 1 spiro atoms. The van der Waals surface area contributed by atoms with Gasteiger partial charge in [0, 0.05) is 19.4 Å². The van der Waals surface area contributed by atoms with Crippen molar-refractivity contribution >= 4 is 5.97 Å². The fraction of sp³-hybridized carbons (Fsp3) is 0.981. The molecule has 10 aliphatic rings. The smallest absolute Gasteiger partial charge is 0.303 e. The molecule has 10 rings (SSSR count). The summed E-state index contributed by atoms with van der Waals surface area (Å²) in [5, 5.41) is 133. The average molecular weight is 1090 g/mol. The number of carbonyl (C=O) groups excluding carboxylic acids is 1. The summed E-state index contributed by atoms with van der Waals surface area (Å²) in [6.07, 6.45) is -25.5. The van der Waals surface area contributed by atoms with Crippen LogP contribution in [0.3, 0.4) is 0 Å². The lowest BCUT2D eigenvalue weighted by Gasteiger charge is -2.61. The first-order chi connectivity index (χ1) is 36.1. The van der Waals surface area contributed by atoms with Gasteiger partial charge < -0.3 is 109 Å². The van der Waals surface area contributed by atoms with Gasteiger partial charge in [-0.05, 0) is 104 Å². The molecule has 4 saturated carbocycles. The third kappa shape index (κ3) is 9.93. The molecular formula is C52H85NO23. The van der Waals surface area contributed by atoms with Crippen LogP contribution in [0, 0.1) is 52.3 Å². The van der Waals surface area contributed by atoms with Crippen molar-refractivity contribution in [3.8, 4) is 0 Å². The van der Waals surface area contributed by atoms with E-state index in [0.29, 0.717) is 48.3 Å². The van der Waals surface area contributed by atoms with Gasteiger partial charge in [0.05, 0.1) is 38.6 Å². The van der Waals surface area contributed by atoms with Gasteiger partial charge in [-0.25, -0.2) is 0 Å². The van der Waals surface area contributed by atoms with Crippen molar-refractivity contribution in [1.29, 1.82) is 0 Å². The third-order valence-corrected chi connectivity index (χ3v) is 20.5. The molecule has 4 aliphatic carbocycles. The molecule has 6 aliphatic heterocycles. The van der Waals surface area contributed by atoms with Crippen molar-refractivity contribution < 1.29 is 113 Å². The number of fused-ring (bicyclic) bond motifs is 7. The molecule has 436 valence electrons. The molecule has 24 nitrogen and oxygen atoms in total. The molecule has 0 bridgehead atoms. The topological polar surface area (TPSA) is 364 Å². The van der Waals surface area contributed by atoms with Crippen LogP contribution in [0.2, 0.25) is 0 Å². The van der Waals surface area contributed by atoms with Gasteiger partial charge in [0.2, 0.25) is 0 Å². The Morgan fingerprint density at radius 3 is 1.93 bits per heavy atom. The van der Waals surface area contributed by atoms with Crippen LogP contribution in [0.1, 0.15) is 92.4 Å². The van der Waals surface area contributed by atoms with Crippen LogP contribution in [0.5, 0.6) is 0 Å². The fourth-order valence-corrected chi connectivity index (χ4v) is 16.5. The van der Waals surface area contributed by atoms with Crippen LogP contribution in [-0.4, -0.2) is 241 Å². The van der Waals surface area contributed by atoms with E-state index in [1.165, 1.54) is 6.92 Å². The maximum atomic E-state index is 12.3. The first-order valence-electron chi connectivity index (χ1n) is 27.8. The normalized spacial score (nSPS) is 56.3. The minimum atomic E-state index is -2.01. The Labute approximate surface area is 442 Å². The van der Waals surface area contributed by atoms with E-state index in [9.17, 15) is 66.1 Å². The largest absolute Gasteiger partial charge is 0.458 e. The summed E-state index contributed by atoms with van der Waals surface area (Å²) >= 11 is 0. The number of nitrogens with one attached hydrogen (secondary N) is 1. The zero-order valence-corrected chi connectivity index (χ0v) is 44.0. The van der Waals surface area contributed by atoms with Crippen LogP contribution >= 0.6 is 0 Å². The molecule has 76 heavy (non-hydrogen) atoms. The number of rotatable bonds is 12. The van der Waals surface area contributed by atoms with Crippen LogP contribution in [0.25, 0.3) is 0 Å². The van der Waals surface area contributed by atoms with E-state index in [4.69, 9.17) is 47.4 Å². The molecule has 0 aromatic carbocycles. The van der Waals surface area contributed by atoms with Gasteiger partial charge in [-0.2, -0.15) is 0 Å². The van der Waals surface area contributed by atoms with Crippen LogP contribution in [0.15, 0.2) is 0 Å². The summed E-state index contributed by atoms with van der Waals surface area (Å²) in [7, 11) is 0. The molecule has 13 N–H and O–H groups in total. The van der Waals surface area contributed by atoms with Gasteiger partial charge in [0.15, 0.2) is 30.9 Å². The van der Waals surface area contributed by atoms with Crippen LogP contribution < -0.4 is 5.32 Å². The summed E-state index contributed by atoms with van der Waals surface area (Å²) in [5.41, 5.74) is -0.582. The molecule has 0 aromatic rings. The summed E-state index contributed by atoms with van der Waals surface area (Å²) in [4.78, 5) is 12.3. The van der Waals surface area contributed by atoms with Crippen LogP contribution in [-0.2, 0) is 52.2 Å². The highest BCUT2D eigenvalue weighted by Gasteiger charge is 2.71. The summed E-state index contributed by atoms with van der Waals surface area (Å²) in [6.45, 7) is 8.66. The molecule has 32 atom stereocenters. The SMILES string of the molecule is CC(=O)O[C@@H]1C[C@H](C)CN[C@@]12O[C@H]1C[C@H]3[C@@H]4CC[C@H]5C[C@@H](O[C@@H]6O[C@H](CO)[C@H](O[C@H]7O[C@H](CO)[C@@H](O)[C@H](O[C@@H]8OC[C@@H](O)[C@H](O)[C@H]8O)[C@H]7O[C@@H]7O[C@H](CO)[C@@H](O)[C@H](O)[C@H]7O)[C@H](O)[C@H]6O)CC[C@]5(C)[C@H]4CC[C@]3(C)[C@H]1[C@@H]2C. The van der Waals surface area contributed by atoms with E-state index in [1.54, 1.807) is 0 Å². The fourth-order valence-electron chi connectivity index (χ4n) is 16.5. The van der Waals surface area contributed by atoms with Gasteiger partial charge in [-0.15, -0.1) is 0 Å². The Morgan fingerprint density at radius 1 is 0.605 bits per heavy atom. The second-order valence-electron chi connectivity index (χ2n) is 24.7. The zero-order chi connectivity index (χ0) is 54.5. The lowest BCUT2D eigenvalue weighted by Crippen LogP contribution is -2.68. The minimum Gasteiger partial charge on any atom is -0.458 e.